The van der Waals surface area contributed by atoms with Gasteiger partial charge in [-0.2, -0.15) is 0 Å². The molecule has 247 valence electrons. The van der Waals surface area contributed by atoms with Crippen molar-refractivity contribution < 1.29 is 33.7 Å². The van der Waals surface area contributed by atoms with Crippen LogP contribution in [0.1, 0.15) is 118 Å². The molecule has 1 aliphatic heterocycles. The zero-order valence-corrected chi connectivity index (χ0v) is 28.6. The smallest absolute Gasteiger partial charge is 0.310 e. The van der Waals surface area contributed by atoms with Gasteiger partial charge in [-0.15, -0.1) is 18.1 Å². The van der Waals surface area contributed by atoms with E-state index in [1.807, 2.05) is 19.9 Å². The lowest BCUT2D eigenvalue weighted by Gasteiger charge is -2.56. The molecule has 1 aromatic carbocycles. The Balaban J connectivity index is 1.75. The summed E-state index contributed by atoms with van der Waals surface area (Å²) in [5.74, 6) is -0.118. The zero-order valence-electron chi connectivity index (χ0n) is 26.8. The third kappa shape index (κ3) is 6.41. The van der Waals surface area contributed by atoms with E-state index in [0.29, 0.717) is 43.0 Å². The Bertz CT molecular complexity index is 1460. The molecule has 1 saturated carbocycles. The predicted octanol–water partition coefficient (Wildman–Crippen LogP) is 10.9. The molecule has 2 atom stereocenters. The highest BCUT2D eigenvalue weighted by atomic mass is 32.5. The van der Waals surface area contributed by atoms with E-state index in [9.17, 15) is 24.5 Å². The summed E-state index contributed by atoms with van der Waals surface area (Å²) >= 11 is 0. The average molecular weight is 660 g/mol. The molecule has 11 heteroatoms. The summed E-state index contributed by atoms with van der Waals surface area (Å²) in [6.45, 7) is 15.9. The largest absolute Gasteiger partial charge is 0.559 e. The van der Waals surface area contributed by atoms with Gasteiger partial charge < -0.3 is 14.3 Å². The van der Waals surface area contributed by atoms with Crippen LogP contribution in [-0.4, -0.2) is 31.6 Å². The van der Waals surface area contributed by atoms with Gasteiger partial charge in [0, 0.05) is 28.6 Å². The van der Waals surface area contributed by atoms with Crippen LogP contribution in [0.3, 0.4) is 0 Å². The van der Waals surface area contributed by atoms with Gasteiger partial charge in [-0.1, -0.05) is 78.7 Å². The lowest BCUT2D eigenvalue weighted by atomic mass is 9.59. The molecule has 1 aromatic heterocycles. The fraction of sp³-hybridized carbons (Fsp3) is 0.606. The third-order valence-corrected chi connectivity index (χ3v) is 15.9. The number of hydrogen-bond donors (Lipinski definition) is 1. The van der Waals surface area contributed by atoms with Gasteiger partial charge in [-0.05, 0) is 80.6 Å². The number of aliphatic hydroxyl groups excluding tert-OH is 1. The van der Waals surface area contributed by atoms with Crippen LogP contribution in [0.4, 0.5) is 19.4 Å². The van der Waals surface area contributed by atoms with Crippen LogP contribution in [0.15, 0.2) is 35.2 Å². The minimum atomic E-state index is -9.87. The van der Waals surface area contributed by atoms with Gasteiger partial charge in [0.05, 0.1) is 13.2 Å². The highest BCUT2D eigenvalue weighted by Gasteiger charge is 2.65. The Morgan fingerprint density at radius 3 is 2.18 bits per heavy atom. The summed E-state index contributed by atoms with van der Waals surface area (Å²) in [7, 11) is -12.1. The molecule has 0 bridgehead atoms. The highest BCUT2D eigenvalue weighted by molar-refractivity contribution is 8.45. The molecule has 1 fully saturated rings. The summed E-state index contributed by atoms with van der Waals surface area (Å²) in [6, 6.07) is 2.66. The standard InChI is InChI=1S/C33H46F5NO3SSi/c1-21(2)30-29(31(40)23-9-11-24(12-10-23)43(34,35,36,37)38)27(22-13-17-41-18-14-22)28-25(39-30)19-33(15-8-16-33)20-26(28)42-44(6,7)32(3,4)5/h9-13,21,26,31,40H,8,14-20H2,1-7H3/q-1/t26?,31-/m1/s1. The molecule has 4 nitrogen and oxygen atoms in total. The van der Waals surface area contributed by atoms with Gasteiger partial charge in [0.2, 0.25) is 0 Å². The number of aliphatic hydroxyl groups is 1. The third-order valence-electron chi connectivity index (χ3n) is 10.3. The maximum atomic E-state index is 13.5. The Labute approximate surface area is 259 Å². The van der Waals surface area contributed by atoms with Crippen molar-refractivity contribution in [2.45, 2.75) is 114 Å². The van der Waals surface area contributed by atoms with Gasteiger partial charge in [0.25, 0.3) is 0 Å². The van der Waals surface area contributed by atoms with Crippen LogP contribution in [0.2, 0.25) is 18.1 Å². The van der Waals surface area contributed by atoms with Crippen LogP contribution >= 0.6 is 10.2 Å². The Hall–Kier alpha value is -1.79. The molecular formula is C33H46F5NO3SSi-. The monoisotopic (exact) mass is 659 g/mol. The predicted molar refractivity (Wildman–Crippen MR) is 169 cm³/mol. The van der Waals surface area contributed by atoms with Crippen molar-refractivity contribution in [1.29, 1.82) is 0 Å². The number of ether oxygens (including phenoxy) is 1. The minimum Gasteiger partial charge on any atom is -0.559 e. The molecular weight excluding hydrogens is 614 g/mol. The Morgan fingerprint density at radius 1 is 1.07 bits per heavy atom. The molecule has 2 aliphatic carbocycles. The van der Waals surface area contributed by atoms with Crippen molar-refractivity contribution in [3.8, 4) is 0 Å². The quantitative estimate of drug-likeness (QED) is 0.237. The average Bonchev–Trinajstić information content (AvgIpc) is 2.89. The van der Waals surface area contributed by atoms with Crippen LogP contribution in [-0.2, 0) is 15.6 Å². The van der Waals surface area contributed by atoms with Gasteiger partial charge in [-0.3, -0.25) is 4.98 Å². The number of halogens is 5. The van der Waals surface area contributed by atoms with E-state index in [-0.39, 0.29) is 28.0 Å². The second-order valence-electron chi connectivity index (χ2n) is 14.9. The molecule has 44 heavy (non-hydrogen) atoms. The lowest BCUT2D eigenvalue weighted by Crippen LogP contribution is -2.46. The molecule has 0 amide bonds. The van der Waals surface area contributed by atoms with Gasteiger partial charge in [-0.25, -0.2) is 0 Å². The van der Waals surface area contributed by atoms with Crippen molar-refractivity contribution in [1.82, 2.24) is 4.98 Å². The van der Waals surface area contributed by atoms with Crippen LogP contribution < -0.4 is 0 Å². The molecule has 5 rings (SSSR count). The number of aromatic nitrogens is 1. The van der Waals surface area contributed by atoms with E-state index in [1.165, 1.54) is 6.42 Å². The van der Waals surface area contributed by atoms with E-state index in [4.69, 9.17) is 14.1 Å². The summed E-state index contributed by atoms with van der Waals surface area (Å²) in [6.07, 6.45) is 6.00. The second kappa shape index (κ2) is 10.4. The molecule has 0 radical (unpaired) electrons. The van der Waals surface area contributed by atoms with E-state index in [1.54, 1.807) is 0 Å². The van der Waals surface area contributed by atoms with Crippen molar-refractivity contribution in [2.24, 2.45) is 5.41 Å². The Morgan fingerprint density at radius 2 is 1.70 bits per heavy atom. The van der Waals surface area contributed by atoms with Crippen LogP contribution in [0, 0.1) is 5.41 Å². The van der Waals surface area contributed by atoms with Crippen molar-refractivity contribution >= 4 is 24.1 Å². The number of benzene rings is 1. The van der Waals surface area contributed by atoms with Gasteiger partial charge in [0.1, 0.15) is 11.0 Å². The van der Waals surface area contributed by atoms with Crippen LogP contribution in [0.5, 0.6) is 0 Å². The highest BCUT2D eigenvalue weighted by Crippen LogP contribution is 3.02. The summed E-state index contributed by atoms with van der Waals surface area (Å²) in [5, 5.41) is 11.9. The fourth-order valence-electron chi connectivity index (χ4n) is 6.67. The van der Waals surface area contributed by atoms with E-state index in [0.717, 1.165) is 60.2 Å². The number of pyridine rings is 1. The van der Waals surface area contributed by atoms with Crippen molar-refractivity contribution in [2.75, 3.05) is 13.2 Å². The zero-order chi connectivity index (χ0) is 32.6. The fourth-order valence-corrected chi connectivity index (χ4v) is 8.59. The maximum absolute atomic E-state index is 13.5. The maximum Gasteiger partial charge on any atom is 0.310 e. The number of hydrogen-bond acceptors (Lipinski definition) is 4. The number of fused-ring (bicyclic) bond motifs is 1. The summed E-state index contributed by atoms with van der Waals surface area (Å²) in [5.41, 5.74) is 5.15. The number of nitrogens with zero attached hydrogens (tertiary/aromatic N) is 1. The van der Waals surface area contributed by atoms with E-state index >= 15 is 0 Å². The molecule has 2 aromatic rings. The number of rotatable bonds is 7. The summed E-state index contributed by atoms with van der Waals surface area (Å²) < 4.78 is 80.5. The van der Waals surface area contributed by atoms with Crippen molar-refractivity contribution in [3.05, 3.63) is 64.0 Å². The second-order valence-corrected chi connectivity index (χ2v) is 22.1. The first-order chi connectivity index (χ1) is 20.0. The SMILES string of the molecule is CC(C)c1nc2c(c(C3=CCOCC3)c1[C@H](O)c1ccc(S(F)(F)(F)(F)F)cc1)C(O[Si-](C)(C)C(C)(C)C)CC1(CCC1)C2. The summed E-state index contributed by atoms with van der Waals surface area (Å²) in [4.78, 5) is 3.26. The normalized spacial score (nSPS) is 23.0. The molecule has 1 unspecified atom stereocenters. The molecule has 0 saturated heterocycles. The van der Waals surface area contributed by atoms with E-state index in [2.05, 4.69) is 33.9 Å². The van der Waals surface area contributed by atoms with Gasteiger partial charge in [0.15, 0.2) is 0 Å². The first-order valence-corrected chi connectivity index (χ1v) is 20.4. The topological polar surface area (TPSA) is 51.6 Å². The molecule has 1 spiro atoms. The molecule has 3 aliphatic rings. The molecule has 2 heterocycles. The minimum absolute atomic E-state index is 0.0479. The first kappa shape index (κ1) is 33.6. The van der Waals surface area contributed by atoms with E-state index < -0.39 is 29.5 Å². The first-order valence-electron chi connectivity index (χ1n) is 15.6. The van der Waals surface area contributed by atoms with Gasteiger partial charge >= 0.3 is 10.2 Å². The van der Waals surface area contributed by atoms with Crippen LogP contribution in [0.25, 0.3) is 5.57 Å². The van der Waals surface area contributed by atoms with Crippen molar-refractivity contribution in [3.63, 3.8) is 0 Å². The Kier molecular flexibility index (Phi) is 7.90. The molecule has 1 N–H and O–H groups in total. The lowest BCUT2D eigenvalue weighted by molar-refractivity contribution is 0.0296.